The quantitative estimate of drug-likeness (QED) is 0.650. The van der Waals surface area contributed by atoms with Crippen molar-refractivity contribution >= 4 is 11.9 Å². The lowest BCUT2D eigenvalue weighted by Gasteiger charge is -2.34. The number of carbonyl (C=O) groups excluding carboxylic acids is 2. The van der Waals surface area contributed by atoms with E-state index in [0.717, 1.165) is 0 Å². The highest BCUT2D eigenvalue weighted by Gasteiger charge is 2.32. The molecule has 0 radical (unpaired) electrons. The van der Waals surface area contributed by atoms with Crippen molar-refractivity contribution in [1.29, 1.82) is 0 Å². The van der Waals surface area contributed by atoms with Crippen molar-refractivity contribution in [3.63, 3.8) is 0 Å². The summed E-state index contributed by atoms with van der Waals surface area (Å²) in [6.07, 6.45) is 0. The van der Waals surface area contributed by atoms with Crippen LogP contribution in [0, 0.1) is 5.92 Å². The second kappa shape index (κ2) is 7.33. The second-order valence-electron chi connectivity index (χ2n) is 4.26. The third kappa shape index (κ3) is 3.96. The standard InChI is InChI=1S/C12H21NO5/c1-4-18-11(14)9(2)7-13-5-6-17-8-10(13)12(15)16-3/h9-10H,4-8H2,1-3H3. The molecule has 6 heteroatoms. The van der Waals surface area contributed by atoms with Crippen molar-refractivity contribution in [1.82, 2.24) is 4.90 Å². The van der Waals surface area contributed by atoms with E-state index in [4.69, 9.17) is 14.2 Å². The Balaban J connectivity index is 2.56. The average Bonchev–Trinajstić information content (AvgIpc) is 2.38. The minimum Gasteiger partial charge on any atom is -0.468 e. The van der Waals surface area contributed by atoms with Crippen LogP contribution in [0.4, 0.5) is 0 Å². The van der Waals surface area contributed by atoms with Gasteiger partial charge >= 0.3 is 11.9 Å². The third-order valence-electron chi connectivity index (χ3n) is 2.91. The molecule has 18 heavy (non-hydrogen) atoms. The molecule has 0 N–H and O–H groups in total. The van der Waals surface area contributed by atoms with Gasteiger partial charge in [0.2, 0.25) is 0 Å². The van der Waals surface area contributed by atoms with E-state index in [0.29, 0.717) is 32.9 Å². The maximum Gasteiger partial charge on any atom is 0.325 e. The highest BCUT2D eigenvalue weighted by Crippen LogP contribution is 2.12. The molecule has 0 saturated carbocycles. The van der Waals surface area contributed by atoms with Gasteiger partial charge in [-0.05, 0) is 6.92 Å². The SMILES string of the molecule is CCOC(=O)C(C)CN1CCOCC1C(=O)OC. The van der Waals surface area contributed by atoms with E-state index in [1.54, 1.807) is 13.8 Å². The van der Waals surface area contributed by atoms with Crippen molar-refractivity contribution < 1.29 is 23.8 Å². The molecule has 0 amide bonds. The van der Waals surface area contributed by atoms with E-state index >= 15 is 0 Å². The zero-order valence-corrected chi connectivity index (χ0v) is 11.2. The molecule has 1 rings (SSSR count). The lowest BCUT2D eigenvalue weighted by molar-refractivity contribution is -0.157. The van der Waals surface area contributed by atoms with Gasteiger partial charge in [0.25, 0.3) is 0 Å². The van der Waals surface area contributed by atoms with Gasteiger partial charge in [0, 0.05) is 13.1 Å². The molecule has 0 aromatic carbocycles. The number of hydrogen-bond acceptors (Lipinski definition) is 6. The lowest BCUT2D eigenvalue weighted by atomic mass is 10.1. The van der Waals surface area contributed by atoms with Gasteiger partial charge in [0.05, 0.1) is 32.8 Å². The molecule has 1 aliphatic heterocycles. The highest BCUT2D eigenvalue weighted by molar-refractivity contribution is 5.76. The summed E-state index contributed by atoms with van der Waals surface area (Å²) in [5.41, 5.74) is 0. The molecule has 0 bridgehead atoms. The number of esters is 2. The predicted octanol–water partition coefficient (Wildman–Crippen LogP) is 0.0594. The number of nitrogens with zero attached hydrogens (tertiary/aromatic N) is 1. The van der Waals surface area contributed by atoms with E-state index in [9.17, 15) is 9.59 Å². The second-order valence-corrected chi connectivity index (χ2v) is 4.26. The van der Waals surface area contributed by atoms with E-state index in [-0.39, 0.29) is 17.9 Å². The van der Waals surface area contributed by atoms with Gasteiger partial charge in [-0.25, -0.2) is 0 Å². The van der Waals surface area contributed by atoms with Crippen LogP contribution < -0.4 is 0 Å². The molecule has 1 aliphatic rings. The summed E-state index contributed by atoms with van der Waals surface area (Å²) in [4.78, 5) is 25.1. The average molecular weight is 259 g/mol. The summed E-state index contributed by atoms with van der Waals surface area (Å²) in [7, 11) is 1.35. The van der Waals surface area contributed by atoms with Crippen LogP contribution >= 0.6 is 0 Å². The van der Waals surface area contributed by atoms with Crippen molar-refractivity contribution in [2.75, 3.05) is 40.0 Å². The van der Waals surface area contributed by atoms with E-state index in [1.807, 2.05) is 4.90 Å². The molecule has 104 valence electrons. The number of rotatable bonds is 5. The fraction of sp³-hybridized carbons (Fsp3) is 0.833. The lowest BCUT2D eigenvalue weighted by Crippen LogP contribution is -2.52. The van der Waals surface area contributed by atoms with Crippen LogP contribution in [0.25, 0.3) is 0 Å². The first kappa shape index (κ1) is 14.9. The van der Waals surface area contributed by atoms with Gasteiger partial charge in [-0.15, -0.1) is 0 Å². The smallest absolute Gasteiger partial charge is 0.325 e. The summed E-state index contributed by atoms with van der Waals surface area (Å²) in [6, 6.07) is -0.430. The normalized spacial score (nSPS) is 22.3. The zero-order chi connectivity index (χ0) is 13.5. The van der Waals surface area contributed by atoms with Crippen LogP contribution in [-0.4, -0.2) is 62.9 Å². The molecule has 0 aromatic heterocycles. The fourth-order valence-corrected chi connectivity index (χ4v) is 1.92. The summed E-state index contributed by atoms with van der Waals surface area (Å²) in [5.74, 6) is -0.839. The Morgan fingerprint density at radius 2 is 2.22 bits per heavy atom. The van der Waals surface area contributed by atoms with Gasteiger partial charge in [-0.1, -0.05) is 6.92 Å². The van der Waals surface area contributed by atoms with Crippen LogP contribution in [-0.2, 0) is 23.8 Å². The first-order valence-corrected chi connectivity index (χ1v) is 6.16. The van der Waals surface area contributed by atoms with E-state index in [2.05, 4.69) is 0 Å². The predicted molar refractivity (Wildman–Crippen MR) is 64.0 cm³/mol. The molecular formula is C12H21NO5. The highest BCUT2D eigenvalue weighted by atomic mass is 16.5. The number of morpholine rings is 1. The Labute approximate surface area is 107 Å². The van der Waals surface area contributed by atoms with Gasteiger partial charge in [-0.3, -0.25) is 14.5 Å². The molecule has 2 atom stereocenters. The Hall–Kier alpha value is -1.14. The van der Waals surface area contributed by atoms with Gasteiger partial charge in [-0.2, -0.15) is 0 Å². The molecule has 0 aliphatic carbocycles. The summed E-state index contributed by atoms with van der Waals surface area (Å²) < 4.78 is 15.0. The maximum absolute atomic E-state index is 11.6. The summed E-state index contributed by atoms with van der Waals surface area (Å²) in [5, 5.41) is 0. The molecular weight excluding hydrogens is 238 g/mol. The number of ether oxygens (including phenoxy) is 3. The topological polar surface area (TPSA) is 65.1 Å². The van der Waals surface area contributed by atoms with Gasteiger partial charge < -0.3 is 14.2 Å². The molecule has 0 spiro atoms. The first-order valence-electron chi connectivity index (χ1n) is 6.16. The van der Waals surface area contributed by atoms with E-state index < -0.39 is 6.04 Å². The number of methoxy groups -OCH3 is 1. The third-order valence-corrected chi connectivity index (χ3v) is 2.91. The van der Waals surface area contributed by atoms with E-state index in [1.165, 1.54) is 7.11 Å². The Morgan fingerprint density at radius 3 is 2.83 bits per heavy atom. The van der Waals surface area contributed by atoms with Crippen LogP contribution in [0.3, 0.4) is 0 Å². The molecule has 1 fully saturated rings. The molecule has 0 aromatic rings. The van der Waals surface area contributed by atoms with Crippen molar-refractivity contribution in [3.8, 4) is 0 Å². The van der Waals surface area contributed by atoms with Crippen LogP contribution in [0.2, 0.25) is 0 Å². The van der Waals surface area contributed by atoms with Crippen LogP contribution in [0.1, 0.15) is 13.8 Å². The molecule has 6 nitrogen and oxygen atoms in total. The minimum atomic E-state index is -0.430. The Kier molecular flexibility index (Phi) is 6.07. The van der Waals surface area contributed by atoms with Crippen LogP contribution in [0.15, 0.2) is 0 Å². The largest absolute Gasteiger partial charge is 0.468 e. The fourth-order valence-electron chi connectivity index (χ4n) is 1.92. The van der Waals surface area contributed by atoms with Crippen molar-refractivity contribution in [2.24, 2.45) is 5.92 Å². The summed E-state index contributed by atoms with van der Waals surface area (Å²) >= 11 is 0. The number of carbonyl (C=O) groups is 2. The van der Waals surface area contributed by atoms with Gasteiger partial charge in [0.15, 0.2) is 0 Å². The van der Waals surface area contributed by atoms with Crippen LogP contribution in [0.5, 0.6) is 0 Å². The number of hydrogen-bond donors (Lipinski definition) is 0. The van der Waals surface area contributed by atoms with Gasteiger partial charge in [0.1, 0.15) is 6.04 Å². The molecule has 1 heterocycles. The monoisotopic (exact) mass is 259 g/mol. The Bertz CT molecular complexity index is 294. The minimum absolute atomic E-state index is 0.243. The zero-order valence-electron chi connectivity index (χ0n) is 11.2. The summed E-state index contributed by atoms with van der Waals surface area (Å²) in [6.45, 7) is 5.89. The molecule has 1 saturated heterocycles. The first-order chi connectivity index (χ1) is 8.60. The Morgan fingerprint density at radius 1 is 1.50 bits per heavy atom. The van der Waals surface area contributed by atoms with Crippen molar-refractivity contribution in [2.45, 2.75) is 19.9 Å². The molecule has 2 unspecified atom stereocenters. The maximum atomic E-state index is 11.6. The van der Waals surface area contributed by atoms with Crippen molar-refractivity contribution in [3.05, 3.63) is 0 Å².